The zero-order chi connectivity index (χ0) is 20.3. The maximum absolute atomic E-state index is 12.5. The molecule has 28 heavy (non-hydrogen) atoms. The van der Waals surface area contributed by atoms with Gasteiger partial charge in [-0.3, -0.25) is 9.59 Å². The number of nitrogens with zero attached hydrogens (tertiary/aromatic N) is 5. The van der Waals surface area contributed by atoms with Gasteiger partial charge < -0.3 is 20.9 Å². The van der Waals surface area contributed by atoms with Crippen LogP contribution in [0.25, 0.3) is 0 Å². The third-order valence-electron chi connectivity index (χ3n) is 4.44. The van der Waals surface area contributed by atoms with Crippen LogP contribution in [0, 0.1) is 5.41 Å². The molecule has 2 aromatic rings. The van der Waals surface area contributed by atoms with Crippen LogP contribution >= 0.6 is 0 Å². The summed E-state index contributed by atoms with van der Waals surface area (Å²) in [6.07, 6.45) is 3.13. The first kappa shape index (κ1) is 19.5. The Hall–Kier alpha value is -3.23. The largest absolute Gasteiger partial charge is 0.382 e. The molecule has 0 aliphatic carbocycles. The lowest BCUT2D eigenvalue weighted by Crippen LogP contribution is -2.52. The van der Waals surface area contributed by atoms with Crippen LogP contribution in [-0.2, 0) is 4.79 Å². The predicted octanol–water partition coefficient (Wildman–Crippen LogP) is 1.40. The van der Waals surface area contributed by atoms with Crippen molar-refractivity contribution in [3.05, 3.63) is 36.3 Å². The van der Waals surface area contributed by atoms with Crippen molar-refractivity contribution in [2.24, 2.45) is 5.41 Å². The monoisotopic (exact) mass is 383 g/mol. The average molecular weight is 383 g/mol. The summed E-state index contributed by atoms with van der Waals surface area (Å²) in [6, 6.07) is 5.21. The highest BCUT2D eigenvalue weighted by molar-refractivity contribution is 6.05. The molecule has 1 aliphatic rings. The molecule has 2 aromatic heterocycles. The maximum atomic E-state index is 12.5. The molecular formula is C19H25N7O2. The minimum atomic E-state index is -0.466. The van der Waals surface area contributed by atoms with Gasteiger partial charge >= 0.3 is 0 Å². The van der Waals surface area contributed by atoms with Crippen LogP contribution < -0.4 is 16.0 Å². The van der Waals surface area contributed by atoms with Gasteiger partial charge in [0.1, 0.15) is 11.6 Å². The van der Waals surface area contributed by atoms with Crippen molar-refractivity contribution in [2.45, 2.75) is 20.8 Å². The summed E-state index contributed by atoms with van der Waals surface area (Å²) in [7, 11) is 0. The second-order valence-electron chi connectivity index (χ2n) is 7.66. The minimum absolute atomic E-state index is 0.0522. The number of carbonyl (C=O) groups is 2. The van der Waals surface area contributed by atoms with Crippen LogP contribution in [0.2, 0.25) is 0 Å². The van der Waals surface area contributed by atoms with Crippen LogP contribution in [0.1, 0.15) is 31.3 Å². The number of nitrogen functional groups attached to an aromatic ring is 1. The van der Waals surface area contributed by atoms with Gasteiger partial charge in [-0.1, -0.05) is 26.8 Å². The summed E-state index contributed by atoms with van der Waals surface area (Å²) in [5.41, 5.74) is 5.51. The molecule has 1 aliphatic heterocycles. The van der Waals surface area contributed by atoms with E-state index in [2.05, 4.69) is 20.3 Å². The van der Waals surface area contributed by atoms with Crippen LogP contribution in [0.4, 0.5) is 17.5 Å². The van der Waals surface area contributed by atoms with Gasteiger partial charge in [-0.05, 0) is 12.1 Å². The number of anilines is 3. The highest BCUT2D eigenvalue weighted by atomic mass is 16.2. The fourth-order valence-electron chi connectivity index (χ4n) is 2.93. The van der Waals surface area contributed by atoms with E-state index in [1.165, 1.54) is 0 Å². The lowest BCUT2D eigenvalue weighted by atomic mass is 9.94. The molecule has 9 nitrogen and oxygen atoms in total. The van der Waals surface area contributed by atoms with Gasteiger partial charge in [0.05, 0.1) is 6.20 Å². The Balaban J connectivity index is 1.70. The Morgan fingerprint density at radius 2 is 1.82 bits per heavy atom. The summed E-state index contributed by atoms with van der Waals surface area (Å²) in [6.45, 7) is 8.16. The van der Waals surface area contributed by atoms with Crippen molar-refractivity contribution in [1.82, 2.24) is 19.9 Å². The van der Waals surface area contributed by atoms with Crippen molar-refractivity contribution in [3.63, 3.8) is 0 Å². The second kappa shape index (κ2) is 7.79. The Kier molecular flexibility index (Phi) is 5.43. The van der Waals surface area contributed by atoms with E-state index in [1.807, 2.05) is 30.6 Å². The topological polar surface area (TPSA) is 117 Å². The highest BCUT2D eigenvalue weighted by Crippen LogP contribution is 2.21. The molecule has 3 heterocycles. The van der Waals surface area contributed by atoms with Crippen molar-refractivity contribution in [3.8, 4) is 0 Å². The number of hydrogen-bond donors (Lipinski definition) is 2. The molecule has 2 amide bonds. The third kappa shape index (κ3) is 4.36. The van der Waals surface area contributed by atoms with Gasteiger partial charge in [0, 0.05) is 37.8 Å². The molecule has 9 heteroatoms. The lowest BCUT2D eigenvalue weighted by molar-refractivity contribution is -0.139. The van der Waals surface area contributed by atoms with Gasteiger partial charge in [-0.2, -0.15) is 0 Å². The molecule has 1 saturated heterocycles. The van der Waals surface area contributed by atoms with E-state index in [-0.39, 0.29) is 17.4 Å². The van der Waals surface area contributed by atoms with E-state index in [0.717, 1.165) is 0 Å². The number of nitrogens with two attached hydrogens (primary N) is 1. The average Bonchev–Trinajstić information content (AvgIpc) is 2.68. The molecule has 3 N–H and O–H groups in total. The van der Waals surface area contributed by atoms with Crippen LogP contribution in [0.3, 0.4) is 0 Å². The normalized spacial score (nSPS) is 14.7. The number of pyridine rings is 1. The van der Waals surface area contributed by atoms with Crippen LogP contribution in [-0.4, -0.2) is 57.8 Å². The molecule has 0 unspecified atom stereocenters. The molecular weight excluding hydrogens is 358 g/mol. The standard InChI is InChI=1S/C19H25N7O2/c1-19(2,3)18(28)26-10-8-25(9-11-26)14-12-22-16(20)15(24-14)17(27)23-13-6-4-5-7-21-13/h4-7,12H,8-11H2,1-3H3,(H2,20,22)(H,21,23,27). The minimum Gasteiger partial charge on any atom is -0.382 e. The van der Waals surface area contributed by atoms with E-state index in [4.69, 9.17) is 5.73 Å². The molecule has 0 aromatic carbocycles. The molecule has 3 rings (SSSR count). The second-order valence-corrected chi connectivity index (χ2v) is 7.66. The van der Waals surface area contributed by atoms with Crippen LogP contribution in [0.15, 0.2) is 30.6 Å². The van der Waals surface area contributed by atoms with E-state index >= 15 is 0 Å². The van der Waals surface area contributed by atoms with Gasteiger partial charge in [0.25, 0.3) is 5.91 Å². The Labute approximate surface area is 164 Å². The molecule has 0 atom stereocenters. The van der Waals surface area contributed by atoms with E-state index < -0.39 is 11.3 Å². The molecule has 0 bridgehead atoms. The van der Waals surface area contributed by atoms with Crippen molar-refractivity contribution >= 4 is 29.3 Å². The smallest absolute Gasteiger partial charge is 0.279 e. The molecule has 0 saturated carbocycles. The van der Waals surface area contributed by atoms with Gasteiger partial charge in [-0.25, -0.2) is 15.0 Å². The van der Waals surface area contributed by atoms with Gasteiger partial charge in [-0.15, -0.1) is 0 Å². The fourth-order valence-corrected chi connectivity index (χ4v) is 2.93. The van der Waals surface area contributed by atoms with Crippen molar-refractivity contribution in [2.75, 3.05) is 42.1 Å². The number of piperazine rings is 1. The van der Waals surface area contributed by atoms with E-state index in [1.54, 1.807) is 30.6 Å². The highest BCUT2D eigenvalue weighted by Gasteiger charge is 2.30. The first-order valence-corrected chi connectivity index (χ1v) is 9.15. The zero-order valence-electron chi connectivity index (χ0n) is 16.3. The Morgan fingerprint density at radius 1 is 1.11 bits per heavy atom. The van der Waals surface area contributed by atoms with E-state index in [0.29, 0.717) is 37.8 Å². The number of carbonyl (C=O) groups excluding carboxylic acids is 2. The summed E-state index contributed by atoms with van der Waals surface area (Å²) < 4.78 is 0. The number of aromatic nitrogens is 3. The summed E-state index contributed by atoms with van der Waals surface area (Å²) >= 11 is 0. The quantitative estimate of drug-likeness (QED) is 0.822. The van der Waals surface area contributed by atoms with Gasteiger partial charge in [0.15, 0.2) is 11.5 Å². The maximum Gasteiger partial charge on any atom is 0.279 e. The lowest BCUT2D eigenvalue weighted by Gasteiger charge is -2.38. The Morgan fingerprint density at radius 3 is 2.43 bits per heavy atom. The number of nitrogens with one attached hydrogen (secondary N) is 1. The molecule has 0 spiro atoms. The molecule has 0 radical (unpaired) electrons. The number of amides is 2. The van der Waals surface area contributed by atoms with Crippen molar-refractivity contribution < 1.29 is 9.59 Å². The SMILES string of the molecule is CC(C)(C)C(=O)N1CCN(c2cnc(N)c(C(=O)Nc3ccccn3)n2)CC1. The Bertz CT molecular complexity index is 856. The van der Waals surface area contributed by atoms with E-state index in [9.17, 15) is 9.59 Å². The number of hydrogen-bond acceptors (Lipinski definition) is 7. The zero-order valence-corrected chi connectivity index (χ0v) is 16.3. The first-order valence-electron chi connectivity index (χ1n) is 9.15. The molecule has 1 fully saturated rings. The third-order valence-corrected chi connectivity index (χ3v) is 4.44. The summed E-state index contributed by atoms with van der Waals surface area (Å²) in [5.74, 6) is 0.688. The summed E-state index contributed by atoms with van der Waals surface area (Å²) in [5, 5.41) is 2.66. The predicted molar refractivity (Wildman–Crippen MR) is 107 cm³/mol. The van der Waals surface area contributed by atoms with Crippen LogP contribution in [0.5, 0.6) is 0 Å². The fraction of sp³-hybridized carbons (Fsp3) is 0.421. The summed E-state index contributed by atoms with van der Waals surface area (Å²) in [4.78, 5) is 41.4. The van der Waals surface area contributed by atoms with Crippen molar-refractivity contribution in [1.29, 1.82) is 0 Å². The van der Waals surface area contributed by atoms with Gasteiger partial charge in [0.2, 0.25) is 5.91 Å². The first-order chi connectivity index (χ1) is 13.3. The number of rotatable bonds is 3. The molecule has 148 valence electrons.